The van der Waals surface area contributed by atoms with Crippen molar-refractivity contribution in [2.45, 2.75) is 25.8 Å². The van der Waals surface area contributed by atoms with E-state index in [2.05, 4.69) is 20.4 Å². The molecule has 1 N–H and O–H groups in total. The molecular weight excluding hydrogens is 296 g/mol. The maximum absolute atomic E-state index is 12.0. The predicted octanol–water partition coefficient (Wildman–Crippen LogP) is 2.53. The second-order valence-corrected chi connectivity index (χ2v) is 5.06. The van der Waals surface area contributed by atoms with E-state index in [0.717, 1.165) is 5.56 Å². The number of nitrogens with one attached hydrogen (secondary N) is 1. The van der Waals surface area contributed by atoms with Gasteiger partial charge >= 0.3 is 0 Å². The van der Waals surface area contributed by atoms with Gasteiger partial charge in [0.25, 0.3) is 0 Å². The van der Waals surface area contributed by atoms with Crippen molar-refractivity contribution < 1.29 is 13.7 Å². The van der Waals surface area contributed by atoms with E-state index in [1.54, 1.807) is 30.8 Å². The van der Waals surface area contributed by atoms with E-state index in [1.165, 1.54) is 0 Å². The molecule has 1 unspecified atom stereocenters. The highest BCUT2D eigenvalue weighted by Gasteiger charge is 2.14. The first-order valence-electron chi connectivity index (χ1n) is 7.28. The fourth-order valence-corrected chi connectivity index (χ4v) is 2.11. The van der Waals surface area contributed by atoms with E-state index in [1.807, 2.05) is 19.1 Å². The lowest BCUT2D eigenvalue weighted by Crippen LogP contribution is -2.26. The largest absolute Gasteiger partial charge is 0.461 e. The van der Waals surface area contributed by atoms with Gasteiger partial charge in [-0.25, -0.2) is 0 Å². The summed E-state index contributed by atoms with van der Waals surface area (Å²) in [6.07, 6.45) is 5.62. The highest BCUT2D eigenvalue weighted by atomic mass is 16.5. The second-order valence-electron chi connectivity index (χ2n) is 5.06. The molecule has 1 amide bonds. The van der Waals surface area contributed by atoms with Crippen LogP contribution in [-0.2, 0) is 11.2 Å². The average molecular weight is 312 g/mol. The van der Waals surface area contributed by atoms with Crippen LogP contribution >= 0.6 is 0 Å². The minimum Gasteiger partial charge on any atom is -0.461 e. The number of rotatable bonds is 6. The summed E-state index contributed by atoms with van der Waals surface area (Å²) in [6, 6.07) is 7.16. The summed E-state index contributed by atoms with van der Waals surface area (Å²) in [6.45, 7) is 1.91. The second kappa shape index (κ2) is 6.87. The first-order chi connectivity index (χ1) is 11.2. The Morgan fingerprint density at radius 3 is 3.00 bits per heavy atom. The topological polar surface area (TPSA) is 94.1 Å². The molecule has 3 aromatic rings. The van der Waals surface area contributed by atoms with Crippen molar-refractivity contribution in [2.75, 3.05) is 0 Å². The number of nitrogens with zero attached hydrogens (tertiary/aromatic N) is 3. The number of carbonyl (C=O) groups excluding carboxylic acids is 1. The van der Waals surface area contributed by atoms with Gasteiger partial charge in [0, 0.05) is 25.2 Å². The molecule has 1 atom stereocenters. The third-order valence-electron chi connectivity index (χ3n) is 3.34. The number of aryl methyl sites for hydroxylation is 1. The van der Waals surface area contributed by atoms with Crippen molar-refractivity contribution >= 4 is 5.91 Å². The van der Waals surface area contributed by atoms with Gasteiger partial charge in [-0.05, 0) is 30.7 Å². The first-order valence-corrected chi connectivity index (χ1v) is 7.28. The Balaban J connectivity index is 1.51. The van der Waals surface area contributed by atoms with Gasteiger partial charge < -0.3 is 14.3 Å². The fraction of sp³-hybridized carbons (Fsp3) is 0.250. The molecule has 7 heteroatoms. The van der Waals surface area contributed by atoms with Crippen LogP contribution in [0.5, 0.6) is 0 Å². The smallest absolute Gasteiger partial charge is 0.238 e. The molecular formula is C16H16N4O3. The number of furan rings is 1. The molecule has 7 nitrogen and oxygen atoms in total. The van der Waals surface area contributed by atoms with E-state index in [4.69, 9.17) is 8.94 Å². The van der Waals surface area contributed by atoms with Crippen molar-refractivity contribution in [3.63, 3.8) is 0 Å². The fourth-order valence-electron chi connectivity index (χ4n) is 2.11. The summed E-state index contributed by atoms with van der Waals surface area (Å²) in [4.78, 5) is 20.2. The maximum Gasteiger partial charge on any atom is 0.238 e. The molecule has 0 aliphatic heterocycles. The van der Waals surface area contributed by atoms with Crippen molar-refractivity contribution in [1.82, 2.24) is 20.4 Å². The van der Waals surface area contributed by atoms with Crippen LogP contribution in [0.1, 0.15) is 30.8 Å². The van der Waals surface area contributed by atoms with Gasteiger partial charge in [-0.1, -0.05) is 11.2 Å². The molecule has 0 spiro atoms. The monoisotopic (exact) mass is 312 g/mol. The SMILES string of the molecule is CC(NC(=O)CCc1nc(-c2ccco2)no1)c1cccnc1. The van der Waals surface area contributed by atoms with Crippen LogP contribution in [0, 0.1) is 0 Å². The Hall–Kier alpha value is -2.96. The molecule has 3 rings (SSSR count). The quantitative estimate of drug-likeness (QED) is 0.751. The van der Waals surface area contributed by atoms with Crippen LogP contribution in [0.4, 0.5) is 0 Å². The van der Waals surface area contributed by atoms with Gasteiger partial charge in [0.2, 0.25) is 17.6 Å². The van der Waals surface area contributed by atoms with Crippen LogP contribution in [0.15, 0.2) is 51.9 Å². The molecule has 0 radical (unpaired) electrons. The summed E-state index contributed by atoms with van der Waals surface area (Å²) in [5.41, 5.74) is 0.957. The molecule has 0 saturated carbocycles. The van der Waals surface area contributed by atoms with Crippen LogP contribution in [0.25, 0.3) is 11.6 Å². The molecule has 0 aromatic carbocycles. The Morgan fingerprint density at radius 1 is 1.35 bits per heavy atom. The predicted molar refractivity (Wildman–Crippen MR) is 81.1 cm³/mol. The molecule has 0 aliphatic rings. The Labute approximate surface area is 132 Å². The molecule has 3 heterocycles. The molecule has 0 bridgehead atoms. The highest BCUT2D eigenvalue weighted by Crippen LogP contribution is 2.16. The van der Waals surface area contributed by atoms with Crippen molar-refractivity contribution in [2.24, 2.45) is 0 Å². The number of hydrogen-bond donors (Lipinski definition) is 1. The Morgan fingerprint density at radius 2 is 2.26 bits per heavy atom. The summed E-state index contributed by atoms with van der Waals surface area (Å²) in [5, 5.41) is 6.74. The van der Waals surface area contributed by atoms with Gasteiger partial charge in [0.05, 0.1) is 12.3 Å². The van der Waals surface area contributed by atoms with Gasteiger partial charge in [0.15, 0.2) is 5.76 Å². The van der Waals surface area contributed by atoms with E-state index in [0.29, 0.717) is 23.9 Å². The van der Waals surface area contributed by atoms with E-state index in [9.17, 15) is 4.79 Å². The molecule has 0 fully saturated rings. The van der Waals surface area contributed by atoms with Gasteiger partial charge in [-0.2, -0.15) is 4.98 Å². The molecule has 0 aliphatic carbocycles. The molecule has 0 saturated heterocycles. The van der Waals surface area contributed by atoms with E-state index >= 15 is 0 Å². The Bertz CT molecular complexity index is 753. The highest BCUT2D eigenvalue weighted by molar-refractivity contribution is 5.76. The van der Waals surface area contributed by atoms with E-state index < -0.39 is 0 Å². The maximum atomic E-state index is 12.0. The molecule has 23 heavy (non-hydrogen) atoms. The lowest BCUT2D eigenvalue weighted by molar-refractivity contribution is -0.121. The first kappa shape index (κ1) is 15.0. The summed E-state index contributed by atoms with van der Waals surface area (Å²) >= 11 is 0. The lowest BCUT2D eigenvalue weighted by atomic mass is 10.1. The van der Waals surface area contributed by atoms with Crippen molar-refractivity contribution in [1.29, 1.82) is 0 Å². The third-order valence-corrected chi connectivity index (χ3v) is 3.34. The molecule has 3 aromatic heterocycles. The lowest BCUT2D eigenvalue weighted by Gasteiger charge is -2.13. The number of amides is 1. The third kappa shape index (κ3) is 3.82. The number of hydrogen-bond acceptors (Lipinski definition) is 6. The number of carbonyl (C=O) groups is 1. The molecule has 118 valence electrons. The van der Waals surface area contributed by atoms with E-state index in [-0.39, 0.29) is 18.4 Å². The normalized spacial score (nSPS) is 12.0. The van der Waals surface area contributed by atoms with Gasteiger partial charge in [-0.3, -0.25) is 9.78 Å². The van der Waals surface area contributed by atoms with Crippen LogP contribution in [0.3, 0.4) is 0 Å². The van der Waals surface area contributed by atoms with Crippen molar-refractivity contribution in [3.8, 4) is 11.6 Å². The zero-order valence-electron chi connectivity index (χ0n) is 12.6. The zero-order valence-corrected chi connectivity index (χ0v) is 12.6. The zero-order chi connectivity index (χ0) is 16.1. The summed E-state index contributed by atoms with van der Waals surface area (Å²) < 4.78 is 10.3. The average Bonchev–Trinajstić information content (AvgIpc) is 3.25. The van der Waals surface area contributed by atoms with Crippen molar-refractivity contribution in [3.05, 3.63) is 54.4 Å². The van der Waals surface area contributed by atoms with Gasteiger partial charge in [-0.15, -0.1) is 0 Å². The van der Waals surface area contributed by atoms with Gasteiger partial charge in [0.1, 0.15) is 0 Å². The minimum atomic E-state index is -0.0995. The number of pyridine rings is 1. The van der Waals surface area contributed by atoms with Crippen LogP contribution in [-0.4, -0.2) is 21.0 Å². The number of aromatic nitrogens is 3. The summed E-state index contributed by atoms with van der Waals surface area (Å²) in [7, 11) is 0. The minimum absolute atomic E-state index is 0.0842. The Kier molecular flexibility index (Phi) is 4.46. The summed E-state index contributed by atoms with van der Waals surface area (Å²) in [5.74, 6) is 1.24. The van der Waals surface area contributed by atoms with Crippen LogP contribution < -0.4 is 5.32 Å². The van der Waals surface area contributed by atoms with Crippen LogP contribution in [0.2, 0.25) is 0 Å². The standard InChI is InChI=1S/C16H16N4O3/c1-11(12-4-2-8-17-10-12)18-14(21)6-7-15-19-16(20-23-15)13-5-3-9-22-13/h2-5,8-11H,6-7H2,1H3,(H,18,21).